The van der Waals surface area contributed by atoms with E-state index in [4.69, 9.17) is 0 Å². The van der Waals surface area contributed by atoms with Gasteiger partial charge in [-0.25, -0.2) is 0 Å². The number of amidine groups is 1. The van der Waals surface area contributed by atoms with Crippen molar-refractivity contribution in [2.24, 2.45) is 4.99 Å². The van der Waals surface area contributed by atoms with Gasteiger partial charge in [-0.3, -0.25) is 9.79 Å². The van der Waals surface area contributed by atoms with Crippen molar-refractivity contribution < 1.29 is 4.79 Å². The van der Waals surface area contributed by atoms with Crippen LogP contribution in [0, 0.1) is 0 Å². The van der Waals surface area contributed by atoms with Crippen molar-refractivity contribution in [2.45, 2.75) is 39.8 Å². The highest BCUT2D eigenvalue weighted by Crippen LogP contribution is 2.02. The number of carbonyl (C=O) groups excluding carboxylic acids is 1. The van der Waals surface area contributed by atoms with E-state index in [1.807, 2.05) is 45.9 Å². The van der Waals surface area contributed by atoms with E-state index in [9.17, 15) is 4.79 Å². The molecule has 0 atom stereocenters. The van der Waals surface area contributed by atoms with Gasteiger partial charge in [-0.05, 0) is 27.7 Å². The van der Waals surface area contributed by atoms with Gasteiger partial charge in [0.05, 0.1) is 0 Å². The predicted octanol–water partition coefficient (Wildman–Crippen LogP) is 2.67. The fourth-order valence-electron chi connectivity index (χ4n) is 1.42. The predicted molar refractivity (Wildman–Crippen MR) is 71.6 cm³/mol. The highest BCUT2D eigenvalue weighted by atomic mass is 16.1. The lowest BCUT2D eigenvalue weighted by Gasteiger charge is -2.13. The van der Waals surface area contributed by atoms with Gasteiger partial charge >= 0.3 is 0 Å². The van der Waals surface area contributed by atoms with Gasteiger partial charge in [0.15, 0.2) is 5.84 Å². The van der Waals surface area contributed by atoms with Crippen LogP contribution in [0.1, 0.15) is 38.1 Å². The molecule has 0 spiro atoms. The standard InChI is InChI=1S/C14H20N2O/c1-10(2)15-14(16-11(3)4)13(17)12-8-6-5-7-9-12/h5-11H,1-4H3,(H,15,16). The van der Waals surface area contributed by atoms with Gasteiger partial charge in [0.25, 0.3) is 0 Å². The highest BCUT2D eigenvalue weighted by molar-refractivity contribution is 6.45. The largest absolute Gasteiger partial charge is 0.365 e. The van der Waals surface area contributed by atoms with E-state index < -0.39 is 0 Å². The van der Waals surface area contributed by atoms with E-state index >= 15 is 0 Å². The summed E-state index contributed by atoms with van der Waals surface area (Å²) in [6.45, 7) is 7.91. The van der Waals surface area contributed by atoms with Gasteiger partial charge in [0.1, 0.15) is 0 Å². The molecule has 1 rings (SSSR count). The molecule has 3 heteroatoms. The highest BCUT2D eigenvalue weighted by Gasteiger charge is 2.14. The molecule has 0 aliphatic carbocycles. The van der Waals surface area contributed by atoms with E-state index in [1.165, 1.54) is 0 Å². The molecule has 0 heterocycles. The van der Waals surface area contributed by atoms with Crippen molar-refractivity contribution in [3.05, 3.63) is 35.9 Å². The van der Waals surface area contributed by atoms with Crippen LogP contribution in [-0.4, -0.2) is 23.7 Å². The molecule has 0 radical (unpaired) electrons. The summed E-state index contributed by atoms with van der Waals surface area (Å²) in [6, 6.07) is 9.52. The van der Waals surface area contributed by atoms with E-state index in [-0.39, 0.29) is 17.9 Å². The number of hydrogen-bond donors (Lipinski definition) is 1. The minimum Gasteiger partial charge on any atom is -0.365 e. The number of ketones is 1. The number of aliphatic imine (C=N–C) groups is 1. The molecule has 0 saturated heterocycles. The summed E-state index contributed by atoms with van der Waals surface area (Å²) in [7, 11) is 0. The average Bonchev–Trinajstić information content (AvgIpc) is 2.27. The molecule has 0 aliphatic heterocycles. The molecule has 0 aliphatic rings. The second kappa shape index (κ2) is 6.18. The monoisotopic (exact) mass is 232 g/mol. The smallest absolute Gasteiger partial charge is 0.227 e. The summed E-state index contributed by atoms with van der Waals surface area (Å²) in [4.78, 5) is 16.6. The molecule has 3 nitrogen and oxygen atoms in total. The number of Topliss-reactive ketones (excluding diaryl/α,β-unsaturated/α-hetero) is 1. The molecule has 0 aromatic heterocycles. The van der Waals surface area contributed by atoms with Gasteiger partial charge in [-0.15, -0.1) is 0 Å². The third-order valence-electron chi connectivity index (χ3n) is 2.06. The molecular weight excluding hydrogens is 212 g/mol. The summed E-state index contributed by atoms with van der Waals surface area (Å²) in [5, 5.41) is 3.11. The zero-order valence-electron chi connectivity index (χ0n) is 10.9. The molecule has 0 bridgehead atoms. The summed E-state index contributed by atoms with van der Waals surface area (Å²) < 4.78 is 0. The van der Waals surface area contributed by atoms with Gasteiger partial charge in [-0.1, -0.05) is 30.3 Å². The maximum Gasteiger partial charge on any atom is 0.227 e. The summed E-state index contributed by atoms with van der Waals surface area (Å²) in [5.41, 5.74) is 0.667. The minimum absolute atomic E-state index is 0.0481. The van der Waals surface area contributed by atoms with E-state index in [0.29, 0.717) is 11.4 Å². The van der Waals surface area contributed by atoms with Crippen molar-refractivity contribution in [1.82, 2.24) is 5.32 Å². The van der Waals surface area contributed by atoms with Crippen molar-refractivity contribution in [3.8, 4) is 0 Å². The number of hydrogen-bond acceptors (Lipinski definition) is 2. The summed E-state index contributed by atoms with van der Waals surface area (Å²) in [6.07, 6.45) is 0. The van der Waals surface area contributed by atoms with Crippen LogP contribution in [0.5, 0.6) is 0 Å². The fourth-order valence-corrected chi connectivity index (χ4v) is 1.42. The lowest BCUT2D eigenvalue weighted by molar-refractivity contribution is 0.106. The lowest BCUT2D eigenvalue weighted by Crippen LogP contribution is -2.37. The number of benzene rings is 1. The van der Waals surface area contributed by atoms with Crippen LogP contribution in [0.25, 0.3) is 0 Å². The van der Waals surface area contributed by atoms with Crippen molar-refractivity contribution >= 4 is 11.6 Å². The zero-order chi connectivity index (χ0) is 12.8. The first kappa shape index (κ1) is 13.4. The van der Waals surface area contributed by atoms with E-state index in [1.54, 1.807) is 12.1 Å². The second-order valence-corrected chi connectivity index (χ2v) is 4.57. The molecule has 0 saturated carbocycles. The molecule has 92 valence electrons. The Morgan fingerprint density at radius 3 is 2.18 bits per heavy atom. The minimum atomic E-state index is -0.0481. The van der Waals surface area contributed by atoms with Crippen molar-refractivity contribution in [2.75, 3.05) is 0 Å². The molecule has 1 aromatic rings. The van der Waals surface area contributed by atoms with E-state index in [0.717, 1.165) is 0 Å². The third kappa shape index (κ3) is 4.39. The van der Waals surface area contributed by atoms with Crippen LogP contribution in [0.3, 0.4) is 0 Å². The zero-order valence-corrected chi connectivity index (χ0v) is 10.9. The van der Waals surface area contributed by atoms with Crippen molar-refractivity contribution in [3.63, 3.8) is 0 Å². The lowest BCUT2D eigenvalue weighted by atomic mass is 10.1. The topological polar surface area (TPSA) is 41.5 Å². The Kier molecular flexibility index (Phi) is 4.88. The second-order valence-electron chi connectivity index (χ2n) is 4.57. The number of nitrogens with zero attached hydrogens (tertiary/aromatic N) is 1. The van der Waals surface area contributed by atoms with Crippen LogP contribution >= 0.6 is 0 Å². The Morgan fingerprint density at radius 2 is 1.71 bits per heavy atom. The van der Waals surface area contributed by atoms with Gasteiger partial charge in [-0.2, -0.15) is 0 Å². The van der Waals surface area contributed by atoms with E-state index in [2.05, 4.69) is 10.3 Å². The van der Waals surface area contributed by atoms with Crippen LogP contribution in [-0.2, 0) is 0 Å². The maximum absolute atomic E-state index is 12.2. The number of nitrogens with one attached hydrogen (secondary N) is 1. The Bertz CT molecular complexity index is 394. The summed E-state index contributed by atoms with van der Waals surface area (Å²) in [5.74, 6) is 0.397. The first-order valence-corrected chi connectivity index (χ1v) is 5.94. The molecule has 0 fully saturated rings. The first-order chi connectivity index (χ1) is 8.00. The molecule has 1 aromatic carbocycles. The van der Waals surface area contributed by atoms with Gasteiger partial charge in [0.2, 0.25) is 5.78 Å². The molecule has 1 N–H and O–H groups in total. The average molecular weight is 232 g/mol. The molecule has 17 heavy (non-hydrogen) atoms. The summed E-state index contributed by atoms with van der Waals surface area (Å²) >= 11 is 0. The van der Waals surface area contributed by atoms with Crippen molar-refractivity contribution in [1.29, 1.82) is 0 Å². The molecule has 0 amide bonds. The Hall–Kier alpha value is -1.64. The van der Waals surface area contributed by atoms with Crippen LogP contribution in [0.15, 0.2) is 35.3 Å². The van der Waals surface area contributed by atoms with Gasteiger partial charge < -0.3 is 5.32 Å². The van der Waals surface area contributed by atoms with Gasteiger partial charge in [0, 0.05) is 17.6 Å². The molecule has 0 unspecified atom stereocenters. The number of carbonyl (C=O) groups is 1. The van der Waals surface area contributed by atoms with Crippen LogP contribution in [0.4, 0.5) is 0 Å². The maximum atomic E-state index is 12.2. The number of rotatable bonds is 4. The fraction of sp³-hybridized carbons (Fsp3) is 0.429. The Labute approximate surface area is 103 Å². The normalized spacial score (nSPS) is 12.0. The SMILES string of the molecule is CC(C)N=C(NC(C)C)C(=O)c1ccccc1. The quantitative estimate of drug-likeness (QED) is 0.492. The van der Waals surface area contributed by atoms with Crippen LogP contribution in [0.2, 0.25) is 0 Å². The molecular formula is C14H20N2O. The first-order valence-electron chi connectivity index (χ1n) is 5.94. The Balaban J connectivity index is 2.95. The third-order valence-corrected chi connectivity index (χ3v) is 2.06. The van der Waals surface area contributed by atoms with Crippen LogP contribution < -0.4 is 5.32 Å². The Morgan fingerprint density at radius 1 is 1.12 bits per heavy atom.